The van der Waals surface area contributed by atoms with Crippen molar-refractivity contribution in [3.05, 3.63) is 12.7 Å². The van der Waals surface area contributed by atoms with Crippen molar-refractivity contribution in [3.8, 4) is 0 Å². The molecule has 0 aliphatic rings. The number of hydrogen-bond donors (Lipinski definition) is 2. The van der Waals surface area contributed by atoms with Crippen molar-refractivity contribution in [2.75, 3.05) is 11.9 Å². The van der Waals surface area contributed by atoms with E-state index in [0.29, 0.717) is 5.65 Å². The van der Waals surface area contributed by atoms with Crippen LogP contribution in [-0.2, 0) is 0 Å². The zero-order valence-corrected chi connectivity index (χ0v) is 9.83. The SMILES string of the molecule is CCC(Cl)CCNc1ncnc2nc[nH]c12. The zero-order chi connectivity index (χ0) is 11.4. The summed E-state index contributed by atoms with van der Waals surface area (Å²) in [6.45, 7) is 2.88. The molecule has 0 saturated heterocycles. The summed E-state index contributed by atoms with van der Waals surface area (Å²) < 4.78 is 0. The van der Waals surface area contributed by atoms with Gasteiger partial charge in [-0.25, -0.2) is 15.0 Å². The van der Waals surface area contributed by atoms with Crippen LogP contribution < -0.4 is 5.32 Å². The van der Waals surface area contributed by atoms with Gasteiger partial charge in [-0.3, -0.25) is 0 Å². The second kappa shape index (κ2) is 5.12. The maximum atomic E-state index is 6.04. The molecule has 2 aromatic rings. The Morgan fingerprint density at radius 2 is 2.31 bits per heavy atom. The van der Waals surface area contributed by atoms with Crippen molar-refractivity contribution in [2.24, 2.45) is 0 Å². The molecule has 0 aromatic carbocycles. The van der Waals surface area contributed by atoms with Gasteiger partial charge < -0.3 is 10.3 Å². The molecule has 0 spiro atoms. The van der Waals surface area contributed by atoms with Gasteiger partial charge in [0.1, 0.15) is 11.8 Å². The fourth-order valence-corrected chi connectivity index (χ4v) is 1.56. The highest BCUT2D eigenvalue weighted by Gasteiger charge is 2.06. The fraction of sp³-hybridized carbons (Fsp3) is 0.500. The number of hydrogen-bond acceptors (Lipinski definition) is 4. The van der Waals surface area contributed by atoms with Crippen molar-refractivity contribution in [3.63, 3.8) is 0 Å². The highest BCUT2D eigenvalue weighted by molar-refractivity contribution is 6.20. The lowest BCUT2D eigenvalue weighted by Crippen LogP contribution is -2.09. The second-order valence-electron chi connectivity index (χ2n) is 3.54. The smallest absolute Gasteiger partial charge is 0.182 e. The first kappa shape index (κ1) is 11.1. The largest absolute Gasteiger partial charge is 0.368 e. The molecular weight excluding hydrogens is 226 g/mol. The summed E-state index contributed by atoms with van der Waals surface area (Å²) in [7, 11) is 0. The van der Waals surface area contributed by atoms with Gasteiger partial charge in [-0.2, -0.15) is 0 Å². The summed E-state index contributed by atoms with van der Waals surface area (Å²) in [5, 5.41) is 3.45. The predicted molar refractivity (Wildman–Crippen MR) is 64.7 cm³/mol. The standard InChI is InChI=1S/C10H14ClN5/c1-2-7(11)3-4-12-9-8-10(14-5-13-8)16-6-15-9/h5-7H,2-4H2,1H3,(H2,12,13,14,15,16). The van der Waals surface area contributed by atoms with Crippen LogP contribution in [0, 0.1) is 0 Å². The lowest BCUT2D eigenvalue weighted by atomic mass is 10.2. The first-order chi connectivity index (χ1) is 7.81. The third-order valence-electron chi connectivity index (χ3n) is 2.42. The lowest BCUT2D eigenvalue weighted by molar-refractivity contribution is 0.752. The van der Waals surface area contributed by atoms with E-state index in [2.05, 4.69) is 32.2 Å². The number of anilines is 1. The van der Waals surface area contributed by atoms with Crippen LogP contribution in [0.4, 0.5) is 5.82 Å². The third kappa shape index (κ3) is 2.41. The van der Waals surface area contributed by atoms with E-state index < -0.39 is 0 Å². The minimum Gasteiger partial charge on any atom is -0.368 e. The Labute approximate surface area is 98.7 Å². The molecule has 86 valence electrons. The molecule has 0 aliphatic heterocycles. The number of nitrogens with zero attached hydrogens (tertiary/aromatic N) is 3. The number of aromatic nitrogens is 4. The van der Waals surface area contributed by atoms with Crippen LogP contribution in [0.5, 0.6) is 0 Å². The summed E-state index contributed by atoms with van der Waals surface area (Å²) in [5.41, 5.74) is 1.51. The summed E-state index contributed by atoms with van der Waals surface area (Å²) in [5.74, 6) is 0.780. The molecule has 2 N–H and O–H groups in total. The van der Waals surface area contributed by atoms with Gasteiger partial charge in [0.05, 0.1) is 6.33 Å². The van der Waals surface area contributed by atoms with Crippen molar-refractivity contribution in [2.45, 2.75) is 25.1 Å². The molecule has 0 fully saturated rings. The average Bonchev–Trinajstić information content (AvgIpc) is 2.77. The van der Waals surface area contributed by atoms with E-state index >= 15 is 0 Å². The molecule has 1 unspecified atom stereocenters. The van der Waals surface area contributed by atoms with Gasteiger partial charge in [0, 0.05) is 11.9 Å². The van der Waals surface area contributed by atoms with E-state index in [1.165, 1.54) is 6.33 Å². The Morgan fingerprint density at radius 3 is 3.12 bits per heavy atom. The Kier molecular flexibility index (Phi) is 3.56. The quantitative estimate of drug-likeness (QED) is 0.785. The minimum atomic E-state index is 0.214. The van der Waals surface area contributed by atoms with Crippen LogP contribution in [0.15, 0.2) is 12.7 Å². The van der Waals surface area contributed by atoms with Gasteiger partial charge in [-0.1, -0.05) is 6.92 Å². The highest BCUT2D eigenvalue weighted by atomic mass is 35.5. The van der Waals surface area contributed by atoms with E-state index in [4.69, 9.17) is 11.6 Å². The normalized spacial score (nSPS) is 12.9. The Bertz CT molecular complexity index is 455. The van der Waals surface area contributed by atoms with E-state index in [0.717, 1.165) is 30.7 Å². The minimum absolute atomic E-state index is 0.214. The maximum Gasteiger partial charge on any atom is 0.182 e. The first-order valence-corrected chi connectivity index (χ1v) is 5.77. The molecule has 0 amide bonds. The van der Waals surface area contributed by atoms with Crippen molar-refractivity contribution in [1.82, 2.24) is 19.9 Å². The highest BCUT2D eigenvalue weighted by Crippen LogP contribution is 2.15. The predicted octanol–water partition coefficient (Wildman–Crippen LogP) is 2.17. The molecule has 2 rings (SSSR count). The molecular formula is C10H14ClN5. The van der Waals surface area contributed by atoms with E-state index in [1.54, 1.807) is 6.33 Å². The molecule has 2 heterocycles. The summed E-state index contributed by atoms with van der Waals surface area (Å²) in [6.07, 6.45) is 5.01. The molecule has 6 heteroatoms. The number of nitrogens with one attached hydrogen (secondary N) is 2. The van der Waals surface area contributed by atoms with Gasteiger partial charge in [0.2, 0.25) is 0 Å². The van der Waals surface area contributed by atoms with Crippen molar-refractivity contribution < 1.29 is 0 Å². The summed E-state index contributed by atoms with van der Waals surface area (Å²) in [6, 6.07) is 0. The topological polar surface area (TPSA) is 66.5 Å². The van der Waals surface area contributed by atoms with Crippen LogP contribution in [0.3, 0.4) is 0 Å². The van der Waals surface area contributed by atoms with Crippen LogP contribution in [0.1, 0.15) is 19.8 Å². The molecule has 0 saturated carbocycles. The van der Waals surface area contributed by atoms with Crippen molar-refractivity contribution in [1.29, 1.82) is 0 Å². The third-order valence-corrected chi connectivity index (χ3v) is 2.94. The van der Waals surface area contributed by atoms with Crippen LogP contribution >= 0.6 is 11.6 Å². The fourth-order valence-electron chi connectivity index (χ4n) is 1.45. The molecule has 1 atom stereocenters. The van der Waals surface area contributed by atoms with Crippen LogP contribution in [-0.4, -0.2) is 31.9 Å². The van der Waals surface area contributed by atoms with Gasteiger partial charge in [-0.15, -0.1) is 11.6 Å². The molecule has 0 aliphatic carbocycles. The molecule has 16 heavy (non-hydrogen) atoms. The lowest BCUT2D eigenvalue weighted by Gasteiger charge is -2.08. The molecule has 0 radical (unpaired) electrons. The number of halogens is 1. The second-order valence-corrected chi connectivity index (χ2v) is 4.16. The number of alkyl halides is 1. The van der Waals surface area contributed by atoms with Gasteiger partial charge in [0.15, 0.2) is 11.5 Å². The summed E-state index contributed by atoms with van der Waals surface area (Å²) in [4.78, 5) is 15.3. The van der Waals surface area contributed by atoms with Crippen LogP contribution in [0.25, 0.3) is 11.2 Å². The van der Waals surface area contributed by atoms with Gasteiger partial charge in [-0.05, 0) is 12.8 Å². The molecule has 0 bridgehead atoms. The Hall–Kier alpha value is -1.36. The zero-order valence-electron chi connectivity index (χ0n) is 9.07. The number of fused-ring (bicyclic) bond motifs is 1. The monoisotopic (exact) mass is 239 g/mol. The Morgan fingerprint density at radius 1 is 1.44 bits per heavy atom. The van der Waals surface area contributed by atoms with E-state index in [-0.39, 0.29) is 5.38 Å². The number of H-pyrrole nitrogens is 1. The molecule has 2 aromatic heterocycles. The summed E-state index contributed by atoms with van der Waals surface area (Å²) >= 11 is 6.04. The van der Waals surface area contributed by atoms with Crippen molar-refractivity contribution >= 4 is 28.6 Å². The first-order valence-electron chi connectivity index (χ1n) is 5.33. The van der Waals surface area contributed by atoms with Gasteiger partial charge >= 0.3 is 0 Å². The maximum absolute atomic E-state index is 6.04. The number of rotatable bonds is 5. The number of imidazole rings is 1. The Balaban J connectivity index is 2.01. The van der Waals surface area contributed by atoms with Crippen LogP contribution in [0.2, 0.25) is 0 Å². The average molecular weight is 240 g/mol. The molecule has 5 nitrogen and oxygen atoms in total. The van der Waals surface area contributed by atoms with E-state index in [9.17, 15) is 0 Å². The van der Waals surface area contributed by atoms with Gasteiger partial charge in [0.25, 0.3) is 0 Å². The van der Waals surface area contributed by atoms with E-state index in [1.807, 2.05) is 0 Å². The number of aromatic amines is 1.